The van der Waals surface area contributed by atoms with Crippen LogP contribution >= 0.6 is 12.2 Å². The molecule has 1 aromatic heterocycles. The van der Waals surface area contributed by atoms with E-state index in [1.54, 1.807) is 20.3 Å². The van der Waals surface area contributed by atoms with Crippen LogP contribution in [0.4, 0.5) is 5.69 Å². The minimum atomic E-state index is -0.162. The molecule has 1 unspecified atom stereocenters. The molecule has 0 aliphatic carbocycles. The molecule has 1 aliphatic heterocycles. The van der Waals surface area contributed by atoms with Crippen LogP contribution in [0.3, 0.4) is 0 Å². The van der Waals surface area contributed by atoms with Gasteiger partial charge in [0, 0.05) is 35.9 Å². The summed E-state index contributed by atoms with van der Waals surface area (Å²) >= 11 is 5.71. The molecule has 1 aliphatic rings. The number of hydrogen-bond donors (Lipinski definition) is 2. The summed E-state index contributed by atoms with van der Waals surface area (Å²) in [6.45, 7) is 1.73. The fourth-order valence-corrected chi connectivity index (χ4v) is 4.14. The summed E-state index contributed by atoms with van der Waals surface area (Å²) in [5.41, 5.74) is 2.04. The Morgan fingerprint density at radius 2 is 1.94 bits per heavy atom. The minimum absolute atomic E-state index is 0.0921. The number of anilines is 1. The molecule has 2 heterocycles. The van der Waals surface area contributed by atoms with E-state index in [4.69, 9.17) is 26.4 Å². The van der Waals surface area contributed by atoms with Crippen LogP contribution in [0.2, 0.25) is 0 Å². The van der Waals surface area contributed by atoms with E-state index in [0.717, 1.165) is 30.5 Å². The normalized spacial score (nSPS) is 15.5. The SMILES string of the molecule is COc1cc2cc(CN(CC3CCCO3)C(=S)Nc3ccccc3)c(=O)[nH]c2cc1OC. The van der Waals surface area contributed by atoms with E-state index in [1.807, 2.05) is 47.4 Å². The molecule has 0 bridgehead atoms. The lowest BCUT2D eigenvalue weighted by Crippen LogP contribution is -2.40. The summed E-state index contributed by atoms with van der Waals surface area (Å²) in [5.74, 6) is 1.17. The summed E-state index contributed by atoms with van der Waals surface area (Å²) in [5, 5.41) is 4.69. The molecule has 4 rings (SSSR count). The van der Waals surface area contributed by atoms with Crippen molar-refractivity contribution in [2.24, 2.45) is 0 Å². The highest BCUT2D eigenvalue weighted by Crippen LogP contribution is 2.31. The second-order valence-corrected chi connectivity index (χ2v) is 8.12. The predicted molar refractivity (Wildman–Crippen MR) is 130 cm³/mol. The Kier molecular flexibility index (Phi) is 6.92. The molecule has 8 heteroatoms. The van der Waals surface area contributed by atoms with Crippen LogP contribution in [0, 0.1) is 0 Å². The van der Waals surface area contributed by atoms with Crippen LogP contribution in [-0.2, 0) is 11.3 Å². The van der Waals surface area contributed by atoms with Crippen molar-refractivity contribution in [3.05, 3.63) is 64.4 Å². The van der Waals surface area contributed by atoms with Gasteiger partial charge in [0.2, 0.25) is 0 Å². The Hall–Kier alpha value is -3.10. The molecule has 0 amide bonds. The average molecular weight is 454 g/mol. The number of nitrogens with zero attached hydrogens (tertiary/aromatic N) is 1. The number of benzene rings is 2. The van der Waals surface area contributed by atoms with Crippen molar-refractivity contribution in [2.75, 3.05) is 32.7 Å². The van der Waals surface area contributed by atoms with Crippen LogP contribution in [0.15, 0.2) is 53.3 Å². The van der Waals surface area contributed by atoms with Crippen LogP contribution in [0.5, 0.6) is 11.5 Å². The summed E-state index contributed by atoms with van der Waals surface area (Å²) < 4.78 is 16.6. The Bertz CT molecular complexity index is 1140. The van der Waals surface area contributed by atoms with Crippen molar-refractivity contribution >= 4 is 33.9 Å². The third kappa shape index (κ3) is 5.03. The van der Waals surface area contributed by atoms with Gasteiger partial charge in [0.15, 0.2) is 16.6 Å². The number of thiocarbonyl (C=S) groups is 1. The fraction of sp³-hybridized carbons (Fsp3) is 0.333. The molecule has 32 heavy (non-hydrogen) atoms. The zero-order chi connectivity index (χ0) is 22.5. The molecule has 0 radical (unpaired) electrons. The predicted octanol–water partition coefficient (Wildman–Crippen LogP) is 3.92. The van der Waals surface area contributed by atoms with Crippen molar-refractivity contribution in [2.45, 2.75) is 25.5 Å². The molecule has 0 spiro atoms. The zero-order valence-electron chi connectivity index (χ0n) is 18.2. The van der Waals surface area contributed by atoms with Gasteiger partial charge in [-0.15, -0.1) is 0 Å². The quantitative estimate of drug-likeness (QED) is 0.525. The summed E-state index contributed by atoms with van der Waals surface area (Å²) in [6.07, 6.45) is 2.11. The van der Waals surface area contributed by atoms with E-state index in [1.165, 1.54) is 0 Å². The number of nitrogens with one attached hydrogen (secondary N) is 2. The van der Waals surface area contributed by atoms with Gasteiger partial charge >= 0.3 is 0 Å². The highest BCUT2D eigenvalue weighted by molar-refractivity contribution is 7.80. The molecular formula is C24H27N3O4S. The summed E-state index contributed by atoms with van der Waals surface area (Å²) in [7, 11) is 3.16. The van der Waals surface area contributed by atoms with Crippen LogP contribution in [-0.4, -0.2) is 48.5 Å². The Morgan fingerprint density at radius 1 is 1.19 bits per heavy atom. The van der Waals surface area contributed by atoms with Crippen molar-refractivity contribution in [1.82, 2.24) is 9.88 Å². The molecule has 7 nitrogen and oxygen atoms in total. The molecular weight excluding hydrogens is 426 g/mol. The second-order valence-electron chi connectivity index (χ2n) is 7.73. The highest BCUT2D eigenvalue weighted by atomic mass is 32.1. The first-order valence-corrected chi connectivity index (χ1v) is 11.0. The molecule has 3 aromatic rings. The number of rotatable bonds is 7. The number of pyridine rings is 1. The van der Waals surface area contributed by atoms with Crippen LogP contribution in [0.25, 0.3) is 10.9 Å². The first kappa shape index (κ1) is 22.1. The van der Waals surface area contributed by atoms with E-state index < -0.39 is 0 Å². The smallest absolute Gasteiger partial charge is 0.253 e. The topological polar surface area (TPSA) is 75.8 Å². The van der Waals surface area contributed by atoms with Gasteiger partial charge in [0.05, 0.1) is 32.4 Å². The molecule has 1 saturated heterocycles. The molecule has 2 N–H and O–H groups in total. The summed E-state index contributed by atoms with van der Waals surface area (Å²) in [4.78, 5) is 17.8. The molecule has 0 saturated carbocycles. The fourth-order valence-electron chi connectivity index (χ4n) is 3.88. The van der Waals surface area contributed by atoms with Gasteiger partial charge in [-0.1, -0.05) is 18.2 Å². The van der Waals surface area contributed by atoms with E-state index in [0.29, 0.717) is 40.8 Å². The first-order chi connectivity index (χ1) is 15.6. The third-order valence-corrected chi connectivity index (χ3v) is 5.91. The average Bonchev–Trinajstić information content (AvgIpc) is 3.32. The third-order valence-electron chi connectivity index (χ3n) is 5.55. The highest BCUT2D eigenvalue weighted by Gasteiger charge is 2.22. The van der Waals surface area contributed by atoms with Crippen molar-refractivity contribution in [3.8, 4) is 11.5 Å². The maximum atomic E-state index is 12.9. The van der Waals surface area contributed by atoms with Gasteiger partial charge in [-0.05, 0) is 49.3 Å². The maximum Gasteiger partial charge on any atom is 0.253 e. The number of methoxy groups -OCH3 is 2. The molecule has 1 fully saturated rings. The van der Waals surface area contributed by atoms with Gasteiger partial charge in [0.25, 0.3) is 5.56 Å². The first-order valence-electron chi connectivity index (χ1n) is 10.6. The van der Waals surface area contributed by atoms with Gasteiger partial charge in [-0.2, -0.15) is 0 Å². The molecule has 1 atom stereocenters. The lowest BCUT2D eigenvalue weighted by molar-refractivity contribution is 0.0904. The van der Waals surface area contributed by atoms with Gasteiger partial charge in [-0.3, -0.25) is 4.79 Å². The zero-order valence-corrected chi connectivity index (χ0v) is 19.0. The largest absolute Gasteiger partial charge is 0.493 e. The van der Waals surface area contributed by atoms with Crippen molar-refractivity contribution in [3.63, 3.8) is 0 Å². The Balaban J connectivity index is 1.63. The standard InChI is InChI=1S/C24H27N3O4S/c1-29-21-12-16-11-17(23(28)26-20(16)13-22(21)30-2)14-27(15-19-9-6-10-31-19)24(32)25-18-7-4-3-5-8-18/h3-5,7-8,11-13,19H,6,9-10,14-15H2,1-2H3,(H,25,32)(H,26,28). The van der Waals surface area contributed by atoms with E-state index in [2.05, 4.69) is 10.3 Å². The van der Waals surface area contributed by atoms with Crippen molar-refractivity contribution in [1.29, 1.82) is 0 Å². The van der Waals surface area contributed by atoms with Gasteiger partial charge < -0.3 is 29.4 Å². The molecule has 168 valence electrons. The van der Waals surface area contributed by atoms with Crippen LogP contribution < -0.4 is 20.3 Å². The molecule has 2 aromatic carbocycles. The monoisotopic (exact) mass is 453 g/mol. The minimum Gasteiger partial charge on any atom is -0.493 e. The van der Waals surface area contributed by atoms with E-state index >= 15 is 0 Å². The van der Waals surface area contributed by atoms with E-state index in [-0.39, 0.29) is 11.7 Å². The maximum absolute atomic E-state index is 12.9. The number of para-hydroxylation sites is 1. The van der Waals surface area contributed by atoms with E-state index in [9.17, 15) is 4.79 Å². The number of aromatic amines is 1. The number of aromatic nitrogens is 1. The van der Waals surface area contributed by atoms with Gasteiger partial charge in [0.1, 0.15) is 0 Å². The number of H-pyrrole nitrogens is 1. The van der Waals surface area contributed by atoms with Crippen molar-refractivity contribution < 1.29 is 14.2 Å². The number of fused-ring (bicyclic) bond motifs is 1. The Labute approximate surface area is 192 Å². The van der Waals surface area contributed by atoms with Crippen LogP contribution in [0.1, 0.15) is 18.4 Å². The van der Waals surface area contributed by atoms with Gasteiger partial charge in [-0.25, -0.2) is 0 Å². The lowest BCUT2D eigenvalue weighted by atomic mass is 10.1. The second kappa shape index (κ2) is 10.0. The number of ether oxygens (including phenoxy) is 3. The Morgan fingerprint density at radius 3 is 2.62 bits per heavy atom. The number of hydrogen-bond acceptors (Lipinski definition) is 5. The lowest BCUT2D eigenvalue weighted by Gasteiger charge is -2.28. The summed E-state index contributed by atoms with van der Waals surface area (Å²) in [6, 6.07) is 15.3.